The first-order valence-corrected chi connectivity index (χ1v) is 7.97. The van der Waals surface area contributed by atoms with Crippen molar-refractivity contribution in [2.45, 2.75) is 40.0 Å². The molecule has 3 rings (SSSR count). The highest BCUT2D eigenvalue weighted by atomic mass is 15.1. The molecule has 4 heteroatoms. The molecule has 1 aliphatic rings. The molecule has 0 aliphatic heterocycles. The van der Waals surface area contributed by atoms with Crippen molar-refractivity contribution < 1.29 is 0 Å². The van der Waals surface area contributed by atoms with Gasteiger partial charge in [0.25, 0.3) is 0 Å². The first-order chi connectivity index (χ1) is 11.1. The molecule has 118 valence electrons. The Bertz CT molecular complexity index is 790. The number of nitrogens with zero attached hydrogens (tertiary/aromatic N) is 3. The molecule has 1 aromatic heterocycles. The molecule has 2 aromatic rings. The molecule has 0 bridgehead atoms. The van der Waals surface area contributed by atoms with Gasteiger partial charge in [-0.2, -0.15) is 0 Å². The molecule has 0 spiro atoms. The highest BCUT2D eigenvalue weighted by Gasteiger charge is 2.16. The summed E-state index contributed by atoms with van der Waals surface area (Å²) in [6.45, 7) is 9.81. The lowest BCUT2D eigenvalue weighted by atomic mass is 10.1. The molecule has 1 heterocycles. The van der Waals surface area contributed by atoms with Crippen molar-refractivity contribution in [3.8, 4) is 0 Å². The van der Waals surface area contributed by atoms with E-state index < -0.39 is 0 Å². The summed E-state index contributed by atoms with van der Waals surface area (Å²) < 4.78 is 0. The van der Waals surface area contributed by atoms with E-state index >= 15 is 0 Å². The van der Waals surface area contributed by atoms with Crippen molar-refractivity contribution in [1.82, 2.24) is 9.97 Å². The highest BCUT2D eigenvalue weighted by molar-refractivity contribution is 5.99. The lowest BCUT2D eigenvalue weighted by molar-refractivity contribution is 0.912. The molecule has 1 aromatic carbocycles. The number of nitrogens with one attached hydrogen (secondary N) is 1. The second-order valence-electron chi connectivity index (χ2n) is 6.06. The van der Waals surface area contributed by atoms with Gasteiger partial charge in [-0.15, -0.1) is 0 Å². The normalized spacial score (nSPS) is 13.8. The van der Waals surface area contributed by atoms with E-state index in [4.69, 9.17) is 0 Å². The van der Waals surface area contributed by atoms with Crippen LogP contribution in [0, 0.1) is 6.92 Å². The Hall–Kier alpha value is -2.49. The Balaban J connectivity index is 2.02. The van der Waals surface area contributed by atoms with Gasteiger partial charge in [0.1, 0.15) is 12.0 Å². The quantitative estimate of drug-likeness (QED) is 0.834. The maximum Gasteiger partial charge on any atom is 0.160 e. The molecule has 23 heavy (non-hydrogen) atoms. The van der Waals surface area contributed by atoms with E-state index in [1.54, 1.807) is 6.33 Å². The predicted octanol–water partition coefficient (Wildman–Crippen LogP) is 4.69. The number of aliphatic imine (C=N–C) groups is 1. The summed E-state index contributed by atoms with van der Waals surface area (Å²) in [5.41, 5.74) is 7.44. The van der Waals surface area contributed by atoms with E-state index in [9.17, 15) is 0 Å². The monoisotopic (exact) mass is 306 g/mol. The van der Waals surface area contributed by atoms with Crippen LogP contribution in [0.1, 0.15) is 37.1 Å². The van der Waals surface area contributed by atoms with Crippen LogP contribution in [0.15, 0.2) is 41.7 Å². The molecule has 1 aliphatic carbocycles. The standard InChI is InChI=1S/C19H22N4/c1-12(2)13(3)22-18-14(4)20-11-21-19(18)23-17-10-6-8-15-7-5-9-16(15)17/h6,8,10-11H,1,5,7,9H2,2-4H3,(H,20,21,23)/b22-13+. The minimum atomic E-state index is 0.749. The van der Waals surface area contributed by atoms with Crippen molar-refractivity contribution in [2.75, 3.05) is 5.32 Å². The number of benzene rings is 1. The Morgan fingerprint density at radius 2 is 2.04 bits per heavy atom. The van der Waals surface area contributed by atoms with Crippen molar-refractivity contribution >= 4 is 22.9 Å². The number of fused-ring (bicyclic) bond motifs is 1. The lowest BCUT2D eigenvalue weighted by Crippen LogP contribution is -2.01. The zero-order valence-electron chi connectivity index (χ0n) is 14.0. The first kappa shape index (κ1) is 15.4. The summed E-state index contributed by atoms with van der Waals surface area (Å²) in [7, 11) is 0. The van der Waals surface area contributed by atoms with Crippen molar-refractivity contribution in [3.63, 3.8) is 0 Å². The molecule has 0 unspecified atom stereocenters. The maximum atomic E-state index is 4.68. The summed E-state index contributed by atoms with van der Waals surface area (Å²) in [6.07, 6.45) is 5.08. The zero-order chi connectivity index (χ0) is 16.4. The van der Waals surface area contributed by atoms with Crippen LogP contribution in [0.4, 0.5) is 17.2 Å². The van der Waals surface area contributed by atoms with Gasteiger partial charge in [-0.1, -0.05) is 18.7 Å². The molecule has 1 N–H and O–H groups in total. The molecule has 0 saturated carbocycles. The largest absolute Gasteiger partial charge is 0.338 e. The number of aryl methyl sites for hydroxylation is 2. The minimum absolute atomic E-state index is 0.749. The molecule has 0 saturated heterocycles. The van der Waals surface area contributed by atoms with Crippen molar-refractivity contribution in [1.29, 1.82) is 0 Å². The number of aromatic nitrogens is 2. The van der Waals surface area contributed by atoms with Crippen molar-refractivity contribution in [2.24, 2.45) is 4.99 Å². The van der Waals surface area contributed by atoms with Crippen LogP contribution in [0.2, 0.25) is 0 Å². The van der Waals surface area contributed by atoms with Crippen LogP contribution in [0.3, 0.4) is 0 Å². The minimum Gasteiger partial charge on any atom is -0.338 e. The van der Waals surface area contributed by atoms with Crippen LogP contribution in [-0.4, -0.2) is 15.7 Å². The maximum absolute atomic E-state index is 4.68. The number of hydrogen-bond donors (Lipinski definition) is 1. The van der Waals surface area contributed by atoms with Gasteiger partial charge in [0.2, 0.25) is 0 Å². The fourth-order valence-electron chi connectivity index (χ4n) is 2.82. The Morgan fingerprint density at radius 1 is 1.22 bits per heavy atom. The summed E-state index contributed by atoms with van der Waals surface area (Å²) in [5, 5.41) is 3.47. The average Bonchev–Trinajstić information content (AvgIpc) is 3.00. The molecule has 0 atom stereocenters. The van der Waals surface area contributed by atoms with E-state index in [-0.39, 0.29) is 0 Å². The lowest BCUT2D eigenvalue weighted by Gasteiger charge is -2.13. The predicted molar refractivity (Wildman–Crippen MR) is 96.1 cm³/mol. The molecular formula is C19H22N4. The fraction of sp³-hybridized carbons (Fsp3) is 0.316. The number of hydrogen-bond acceptors (Lipinski definition) is 4. The topological polar surface area (TPSA) is 50.2 Å². The molecule has 0 amide bonds. The first-order valence-electron chi connectivity index (χ1n) is 7.97. The van der Waals surface area contributed by atoms with Crippen molar-refractivity contribution in [3.05, 3.63) is 53.5 Å². The Kier molecular flexibility index (Phi) is 4.24. The fourth-order valence-corrected chi connectivity index (χ4v) is 2.82. The van der Waals surface area contributed by atoms with Gasteiger partial charge in [-0.25, -0.2) is 15.0 Å². The van der Waals surface area contributed by atoms with Crippen LogP contribution in [0.5, 0.6) is 0 Å². The van der Waals surface area contributed by atoms with Gasteiger partial charge >= 0.3 is 0 Å². The van der Waals surface area contributed by atoms with Gasteiger partial charge in [0, 0.05) is 11.4 Å². The SMILES string of the molecule is C=C(C)/C(C)=N/c1c(C)ncnc1Nc1cccc2c1CCC2. The van der Waals surface area contributed by atoms with Crippen LogP contribution in [-0.2, 0) is 12.8 Å². The summed E-state index contributed by atoms with van der Waals surface area (Å²) in [5.74, 6) is 0.749. The van der Waals surface area contributed by atoms with E-state index in [1.807, 2.05) is 20.8 Å². The van der Waals surface area contributed by atoms with Crippen LogP contribution in [0.25, 0.3) is 0 Å². The van der Waals surface area contributed by atoms with Crippen LogP contribution < -0.4 is 5.32 Å². The number of allylic oxidation sites excluding steroid dienone is 1. The summed E-state index contributed by atoms with van der Waals surface area (Å²) >= 11 is 0. The van der Waals surface area contributed by atoms with Gasteiger partial charge < -0.3 is 5.32 Å². The summed E-state index contributed by atoms with van der Waals surface area (Å²) in [4.78, 5) is 13.4. The third-order valence-electron chi connectivity index (χ3n) is 4.30. The van der Waals surface area contributed by atoms with Gasteiger partial charge in [-0.05, 0) is 62.8 Å². The Labute approximate surface area is 137 Å². The van der Waals surface area contributed by atoms with Gasteiger partial charge in [0.15, 0.2) is 5.82 Å². The molecule has 0 fully saturated rings. The summed E-state index contributed by atoms with van der Waals surface area (Å²) in [6, 6.07) is 6.42. The van der Waals surface area contributed by atoms with E-state index in [0.717, 1.165) is 47.0 Å². The van der Waals surface area contributed by atoms with Gasteiger partial charge in [0.05, 0.1) is 5.69 Å². The average molecular weight is 306 g/mol. The molecular weight excluding hydrogens is 284 g/mol. The van der Waals surface area contributed by atoms with E-state index in [1.165, 1.54) is 17.5 Å². The third kappa shape index (κ3) is 3.16. The van der Waals surface area contributed by atoms with E-state index in [0.29, 0.717) is 0 Å². The van der Waals surface area contributed by atoms with Crippen LogP contribution >= 0.6 is 0 Å². The molecule has 4 nitrogen and oxygen atoms in total. The number of anilines is 2. The third-order valence-corrected chi connectivity index (χ3v) is 4.30. The Morgan fingerprint density at radius 3 is 2.83 bits per heavy atom. The highest BCUT2D eigenvalue weighted by Crippen LogP contribution is 2.34. The van der Waals surface area contributed by atoms with E-state index in [2.05, 4.69) is 45.1 Å². The molecule has 0 radical (unpaired) electrons. The second kappa shape index (κ2) is 6.32. The van der Waals surface area contributed by atoms with Gasteiger partial charge in [-0.3, -0.25) is 0 Å². The number of rotatable bonds is 4. The second-order valence-corrected chi connectivity index (χ2v) is 6.06. The smallest absolute Gasteiger partial charge is 0.160 e. The zero-order valence-corrected chi connectivity index (χ0v) is 14.0.